The highest BCUT2D eigenvalue weighted by Gasteiger charge is 2.37. The second-order valence-electron chi connectivity index (χ2n) is 5.18. The second-order valence-corrected chi connectivity index (χ2v) is 5.49. The fourth-order valence-electron chi connectivity index (χ4n) is 3.18. The summed E-state index contributed by atoms with van der Waals surface area (Å²) < 4.78 is 5.10. The van der Waals surface area contributed by atoms with Crippen LogP contribution in [0, 0.1) is 11.8 Å². The number of carbonyl (C=O) groups excluding carboxylic acids is 1. The average Bonchev–Trinajstić information content (AvgIpc) is 2.82. The van der Waals surface area contributed by atoms with E-state index in [0.717, 1.165) is 12.8 Å². The second kappa shape index (κ2) is 6.95. The van der Waals surface area contributed by atoms with Gasteiger partial charge in [0.1, 0.15) is 0 Å². The fraction of sp³-hybridized carbons (Fsp3) is 0.562. The molecule has 1 fully saturated rings. The Balaban J connectivity index is 2.11. The molecule has 1 aliphatic carbocycles. The minimum atomic E-state index is -0.0922. The highest BCUT2D eigenvalue weighted by molar-refractivity contribution is 6.18. The number of hydrogen-bond acceptors (Lipinski definition) is 2. The average molecular weight is 281 g/mol. The standard InChI is InChI=1S/C16H21ClO2/c1-2-19-16(18)10-15-13(11-17)8-9-14(15)12-6-4-3-5-7-12/h3-7,13-15H,2,8-11H2,1H3/t13-,14-,15+/m1/s1. The summed E-state index contributed by atoms with van der Waals surface area (Å²) in [4.78, 5) is 11.8. The SMILES string of the molecule is CCOC(=O)C[C@H]1[C@@H](CCl)CC[C@@H]1c1ccccc1. The number of halogens is 1. The lowest BCUT2D eigenvalue weighted by molar-refractivity contribution is -0.144. The number of esters is 1. The van der Waals surface area contributed by atoms with Crippen LogP contribution in [0.5, 0.6) is 0 Å². The Bertz CT molecular complexity index is 404. The molecule has 3 atom stereocenters. The van der Waals surface area contributed by atoms with Crippen molar-refractivity contribution >= 4 is 17.6 Å². The Morgan fingerprint density at radius 3 is 2.68 bits per heavy atom. The predicted molar refractivity (Wildman–Crippen MR) is 77.4 cm³/mol. The van der Waals surface area contributed by atoms with E-state index in [1.54, 1.807) is 0 Å². The molecule has 19 heavy (non-hydrogen) atoms. The minimum Gasteiger partial charge on any atom is -0.466 e. The molecule has 0 spiro atoms. The lowest BCUT2D eigenvalue weighted by atomic mass is 9.83. The number of carbonyl (C=O) groups is 1. The third-order valence-corrected chi connectivity index (χ3v) is 4.50. The molecule has 2 rings (SSSR count). The molecule has 1 aromatic rings. The van der Waals surface area contributed by atoms with Crippen molar-refractivity contribution in [2.45, 2.75) is 32.1 Å². The lowest BCUT2D eigenvalue weighted by Crippen LogP contribution is -2.20. The summed E-state index contributed by atoms with van der Waals surface area (Å²) in [6, 6.07) is 10.5. The molecular formula is C16H21ClO2. The largest absolute Gasteiger partial charge is 0.466 e. The number of rotatable bonds is 5. The van der Waals surface area contributed by atoms with Crippen LogP contribution in [0.4, 0.5) is 0 Å². The number of alkyl halides is 1. The molecule has 3 heteroatoms. The van der Waals surface area contributed by atoms with Crippen LogP contribution in [0.3, 0.4) is 0 Å². The first-order chi connectivity index (χ1) is 9.26. The zero-order valence-corrected chi connectivity index (χ0v) is 12.1. The molecule has 0 amide bonds. The van der Waals surface area contributed by atoms with Gasteiger partial charge in [-0.1, -0.05) is 30.3 Å². The topological polar surface area (TPSA) is 26.3 Å². The van der Waals surface area contributed by atoms with Crippen molar-refractivity contribution in [3.8, 4) is 0 Å². The maximum absolute atomic E-state index is 11.8. The smallest absolute Gasteiger partial charge is 0.306 e. The molecule has 0 bridgehead atoms. The van der Waals surface area contributed by atoms with Crippen LogP contribution in [0.25, 0.3) is 0 Å². The molecule has 0 unspecified atom stereocenters. The van der Waals surface area contributed by atoms with Gasteiger partial charge in [-0.05, 0) is 43.1 Å². The fourth-order valence-corrected chi connectivity index (χ4v) is 3.56. The summed E-state index contributed by atoms with van der Waals surface area (Å²) in [5.74, 6) is 1.72. The number of benzene rings is 1. The van der Waals surface area contributed by atoms with Gasteiger partial charge < -0.3 is 4.74 Å². The van der Waals surface area contributed by atoms with E-state index in [9.17, 15) is 4.79 Å². The molecule has 0 N–H and O–H groups in total. The molecule has 0 radical (unpaired) electrons. The Hall–Kier alpha value is -1.02. The van der Waals surface area contributed by atoms with Crippen molar-refractivity contribution in [1.82, 2.24) is 0 Å². The summed E-state index contributed by atoms with van der Waals surface area (Å²) in [6.45, 7) is 2.30. The Morgan fingerprint density at radius 1 is 1.32 bits per heavy atom. The predicted octanol–water partition coefficient (Wildman–Crippen LogP) is 3.99. The van der Waals surface area contributed by atoms with Crippen LogP contribution in [0.1, 0.15) is 37.7 Å². The summed E-state index contributed by atoms with van der Waals surface area (Å²) in [5.41, 5.74) is 1.32. The van der Waals surface area contributed by atoms with Crippen LogP contribution in [0.2, 0.25) is 0 Å². The number of hydrogen-bond donors (Lipinski definition) is 0. The van der Waals surface area contributed by atoms with E-state index in [1.165, 1.54) is 5.56 Å². The highest BCUT2D eigenvalue weighted by atomic mass is 35.5. The Labute approximate surface area is 120 Å². The normalized spacial score (nSPS) is 26.3. The first-order valence-corrected chi connectivity index (χ1v) is 7.56. The van der Waals surface area contributed by atoms with E-state index in [-0.39, 0.29) is 5.97 Å². The van der Waals surface area contributed by atoms with Gasteiger partial charge in [0.15, 0.2) is 0 Å². The Kier molecular flexibility index (Phi) is 5.26. The molecule has 104 valence electrons. The van der Waals surface area contributed by atoms with Gasteiger partial charge in [0.2, 0.25) is 0 Å². The monoisotopic (exact) mass is 280 g/mol. The molecule has 0 saturated heterocycles. The van der Waals surface area contributed by atoms with Crippen molar-refractivity contribution in [3.63, 3.8) is 0 Å². The highest BCUT2D eigenvalue weighted by Crippen LogP contribution is 2.45. The van der Waals surface area contributed by atoms with Gasteiger partial charge in [-0.15, -0.1) is 11.6 Å². The molecule has 2 nitrogen and oxygen atoms in total. The van der Waals surface area contributed by atoms with E-state index < -0.39 is 0 Å². The van der Waals surface area contributed by atoms with Crippen LogP contribution < -0.4 is 0 Å². The van der Waals surface area contributed by atoms with Crippen LogP contribution in [0.15, 0.2) is 30.3 Å². The summed E-state index contributed by atoms with van der Waals surface area (Å²) in [6.07, 6.45) is 2.71. The van der Waals surface area contributed by atoms with Gasteiger partial charge in [0.25, 0.3) is 0 Å². The van der Waals surface area contributed by atoms with Crippen molar-refractivity contribution in [3.05, 3.63) is 35.9 Å². The molecular weight excluding hydrogens is 260 g/mol. The van der Waals surface area contributed by atoms with Crippen LogP contribution in [-0.4, -0.2) is 18.5 Å². The zero-order chi connectivity index (χ0) is 13.7. The van der Waals surface area contributed by atoms with Gasteiger partial charge >= 0.3 is 5.97 Å². The van der Waals surface area contributed by atoms with Gasteiger partial charge in [-0.25, -0.2) is 0 Å². The molecule has 0 heterocycles. The summed E-state index contributed by atoms with van der Waals surface area (Å²) in [7, 11) is 0. The van der Waals surface area contributed by atoms with Crippen molar-refractivity contribution < 1.29 is 9.53 Å². The first-order valence-electron chi connectivity index (χ1n) is 7.02. The summed E-state index contributed by atoms with van der Waals surface area (Å²) in [5, 5.41) is 0. The maximum Gasteiger partial charge on any atom is 0.306 e. The molecule has 0 aromatic heterocycles. The molecule has 1 saturated carbocycles. The van der Waals surface area contributed by atoms with Gasteiger partial charge in [-0.2, -0.15) is 0 Å². The van der Waals surface area contributed by atoms with E-state index in [0.29, 0.717) is 36.7 Å². The maximum atomic E-state index is 11.8. The van der Waals surface area contributed by atoms with E-state index >= 15 is 0 Å². The van der Waals surface area contributed by atoms with Gasteiger partial charge in [0, 0.05) is 12.3 Å². The molecule has 1 aliphatic rings. The molecule has 1 aromatic carbocycles. The van der Waals surface area contributed by atoms with Crippen LogP contribution >= 0.6 is 11.6 Å². The van der Waals surface area contributed by atoms with E-state index in [4.69, 9.17) is 16.3 Å². The van der Waals surface area contributed by atoms with Crippen molar-refractivity contribution in [2.24, 2.45) is 11.8 Å². The minimum absolute atomic E-state index is 0.0922. The van der Waals surface area contributed by atoms with E-state index in [2.05, 4.69) is 24.3 Å². The quantitative estimate of drug-likeness (QED) is 0.602. The van der Waals surface area contributed by atoms with Crippen LogP contribution in [-0.2, 0) is 9.53 Å². The van der Waals surface area contributed by atoms with E-state index in [1.807, 2.05) is 13.0 Å². The van der Waals surface area contributed by atoms with Gasteiger partial charge in [-0.3, -0.25) is 4.79 Å². The van der Waals surface area contributed by atoms with Crippen molar-refractivity contribution in [2.75, 3.05) is 12.5 Å². The lowest BCUT2D eigenvalue weighted by Gasteiger charge is -2.23. The Morgan fingerprint density at radius 2 is 2.05 bits per heavy atom. The first kappa shape index (κ1) is 14.4. The third kappa shape index (κ3) is 3.50. The van der Waals surface area contributed by atoms with Gasteiger partial charge in [0.05, 0.1) is 6.61 Å². The third-order valence-electron chi connectivity index (χ3n) is 4.10. The summed E-state index contributed by atoms with van der Waals surface area (Å²) >= 11 is 6.06. The number of ether oxygens (including phenoxy) is 1. The zero-order valence-electron chi connectivity index (χ0n) is 11.3. The molecule has 0 aliphatic heterocycles. The van der Waals surface area contributed by atoms with Crippen molar-refractivity contribution in [1.29, 1.82) is 0 Å².